The van der Waals surface area contributed by atoms with Crippen LogP contribution in [0.1, 0.15) is 11.3 Å². The number of nitrogens with zero attached hydrogens (tertiary/aromatic N) is 2. The number of rotatable bonds is 6. The monoisotopic (exact) mass is 301 g/mol. The molecule has 0 saturated heterocycles. The van der Waals surface area contributed by atoms with E-state index in [1.807, 2.05) is 24.3 Å². The summed E-state index contributed by atoms with van der Waals surface area (Å²) in [6.45, 7) is 2.21. The van der Waals surface area contributed by atoms with Gasteiger partial charge in [0.15, 0.2) is 0 Å². The minimum absolute atomic E-state index is 0.0663. The molecule has 0 aliphatic carbocycles. The molecule has 0 saturated carbocycles. The lowest BCUT2D eigenvalue weighted by Crippen LogP contribution is -2.34. The molecule has 0 fully saturated rings. The third kappa shape index (κ3) is 4.44. The highest BCUT2D eigenvalue weighted by atomic mass is 16.5. The SMILES string of the molecule is COc1ccc(CCNC(=O)Cn2nc(C)ccc2=O)cc1. The van der Waals surface area contributed by atoms with E-state index in [1.165, 1.54) is 6.07 Å². The second-order valence-corrected chi connectivity index (χ2v) is 4.92. The Morgan fingerprint density at radius 3 is 2.64 bits per heavy atom. The second-order valence-electron chi connectivity index (χ2n) is 4.92. The minimum atomic E-state index is -0.282. The van der Waals surface area contributed by atoms with E-state index < -0.39 is 0 Å². The summed E-state index contributed by atoms with van der Waals surface area (Å²) in [7, 11) is 1.62. The number of carbonyl (C=O) groups is 1. The van der Waals surface area contributed by atoms with E-state index in [9.17, 15) is 9.59 Å². The molecule has 0 spiro atoms. The molecule has 0 aliphatic heterocycles. The first kappa shape index (κ1) is 15.8. The Kier molecular flexibility index (Phi) is 5.30. The van der Waals surface area contributed by atoms with Gasteiger partial charge >= 0.3 is 0 Å². The zero-order valence-electron chi connectivity index (χ0n) is 12.7. The van der Waals surface area contributed by atoms with Crippen LogP contribution < -0.4 is 15.6 Å². The van der Waals surface area contributed by atoms with Crippen LogP contribution >= 0.6 is 0 Å². The Morgan fingerprint density at radius 2 is 1.95 bits per heavy atom. The van der Waals surface area contributed by atoms with Crippen LogP contribution in [-0.4, -0.2) is 29.3 Å². The predicted octanol–water partition coefficient (Wildman–Crippen LogP) is 0.919. The summed E-state index contributed by atoms with van der Waals surface area (Å²) in [5.41, 5.74) is 1.52. The van der Waals surface area contributed by atoms with Gasteiger partial charge in [0, 0.05) is 12.6 Å². The van der Waals surface area contributed by atoms with Crippen molar-refractivity contribution in [2.24, 2.45) is 0 Å². The number of aromatic nitrogens is 2. The standard InChI is InChI=1S/C16H19N3O3/c1-12-3-8-16(21)19(18-12)11-15(20)17-10-9-13-4-6-14(22-2)7-5-13/h3-8H,9-11H2,1-2H3,(H,17,20). The Hall–Kier alpha value is -2.63. The summed E-state index contributed by atoms with van der Waals surface area (Å²) in [5.74, 6) is 0.575. The van der Waals surface area contributed by atoms with E-state index >= 15 is 0 Å². The van der Waals surface area contributed by atoms with E-state index in [2.05, 4.69) is 10.4 Å². The number of ether oxygens (including phenoxy) is 1. The van der Waals surface area contributed by atoms with E-state index in [1.54, 1.807) is 20.1 Å². The average Bonchev–Trinajstić information content (AvgIpc) is 2.51. The molecule has 1 amide bonds. The van der Waals surface area contributed by atoms with Crippen LogP contribution in [0.25, 0.3) is 0 Å². The fraction of sp³-hybridized carbons (Fsp3) is 0.312. The summed E-state index contributed by atoms with van der Waals surface area (Å²) in [6.07, 6.45) is 0.714. The van der Waals surface area contributed by atoms with Crippen molar-refractivity contribution in [3.63, 3.8) is 0 Å². The predicted molar refractivity (Wildman–Crippen MR) is 82.9 cm³/mol. The maximum Gasteiger partial charge on any atom is 0.267 e. The quantitative estimate of drug-likeness (QED) is 0.861. The van der Waals surface area contributed by atoms with Crippen molar-refractivity contribution in [3.05, 3.63) is 58.0 Å². The fourth-order valence-corrected chi connectivity index (χ4v) is 1.99. The fourth-order valence-electron chi connectivity index (χ4n) is 1.99. The largest absolute Gasteiger partial charge is 0.497 e. The molecule has 0 unspecified atom stereocenters. The minimum Gasteiger partial charge on any atom is -0.497 e. The van der Waals surface area contributed by atoms with Gasteiger partial charge in [-0.25, -0.2) is 4.68 Å². The molecule has 22 heavy (non-hydrogen) atoms. The Bertz CT molecular complexity index is 693. The number of carbonyl (C=O) groups excluding carboxylic acids is 1. The topological polar surface area (TPSA) is 73.2 Å². The zero-order valence-corrected chi connectivity index (χ0v) is 12.7. The molecule has 116 valence electrons. The van der Waals surface area contributed by atoms with E-state index in [-0.39, 0.29) is 18.0 Å². The number of aryl methyl sites for hydroxylation is 1. The van der Waals surface area contributed by atoms with E-state index in [0.29, 0.717) is 18.7 Å². The van der Waals surface area contributed by atoms with Crippen molar-refractivity contribution in [3.8, 4) is 5.75 Å². The number of nitrogens with one attached hydrogen (secondary N) is 1. The first-order valence-corrected chi connectivity index (χ1v) is 7.03. The van der Waals surface area contributed by atoms with Crippen molar-refractivity contribution in [1.29, 1.82) is 0 Å². The van der Waals surface area contributed by atoms with Crippen LogP contribution in [0.4, 0.5) is 0 Å². The van der Waals surface area contributed by atoms with Crippen LogP contribution in [0.15, 0.2) is 41.2 Å². The molecule has 1 N–H and O–H groups in total. The normalized spacial score (nSPS) is 10.3. The highest BCUT2D eigenvalue weighted by Gasteiger charge is 2.05. The molecular weight excluding hydrogens is 282 g/mol. The van der Waals surface area contributed by atoms with Crippen molar-refractivity contribution >= 4 is 5.91 Å². The molecular formula is C16H19N3O3. The van der Waals surface area contributed by atoms with Gasteiger partial charge < -0.3 is 10.1 Å². The number of methoxy groups -OCH3 is 1. The molecule has 0 bridgehead atoms. The Morgan fingerprint density at radius 1 is 1.23 bits per heavy atom. The van der Waals surface area contributed by atoms with E-state index in [4.69, 9.17) is 4.74 Å². The first-order valence-electron chi connectivity index (χ1n) is 7.03. The lowest BCUT2D eigenvalue weighted by molar-refractivity contribution is -0.121. The molecule has 1 aromatic carbocycles. The van der Waals surface area contributed by atoms with Gasteiger partial charge in [-0.15, -0.1) is 0 Å². The van der Waals surface area contributed by atoms with Crippen molar-refractivity contribution in [2.75, 3.05) is 13.7 Å². The van der Waals surface area contributed by atoms with Crippen molar-refractivity contribution in [1.82, 2.24) is 15.1 Å². The first-order chi connectivity index (χ1) is 10.6. The number of hydrogen-bond donors (Lipinski definition) is 1. The van der Waals surface area contributed by atoms with Gasteiger partial charge in [0.2, 0.25) is 5.91 Å². The zero-order chi connectivity index (χ0) is 15.9. The van der Waals surface area contributed by atoms with Gasteiger partial charge in [0.05, 0.1) is 12.8 Å². The summed E-state index contributed by atoms with van der Waals surface area (Å²) >= 11 is 0. The van der Waals surface area contributed by atoms with Gasteiger partial charge in [-0.3, -0.25) is 9.59 Å². The van der Waals surface area contributed by atoms with Gasteiger partial charge in [-0.2, -0.15) is 5.10 Å². The van der Waals surface area contributed by atoms with Crippen LogP contribution in [-0.2, 0) is 17.8 Å². The number of benzene rings is 1. The third-order valence-corrected chi connectivity index (χ3v) is 3.19. The lowest BCUT2D eigenvalue weighted by Gasteiger charge is -2.07. The third-order valence-electron chi connectivity index (χ3n) is 3.19. The molecule has 0 radical (unpaired) electrons. The summed E-state index contributed by atoms with van der Waals surface area (Å²) in [4.78, 5) is 23.4. The average molecular weight is 301 g/mol. The van der Waals surface area contributed by atoms with Crippen LogP contribution in [0, 0.1) is 6.92 Å². The van der Waals surface area contributed by atoms with Crippen molar-refractivity contribution < 1.29 is 9.53 Å². The van der Waals surface area contributed by atoms with Crippen molar-refractivity contribution in [2.45, 2.75) is 19.9 Å². The Labute approximate surface area is 128 Å². The summed E-state index contributed by atoms with van der Waals surface area (Å²) < 4.78 is 6.25. The van der Waals surface area contributed by atoms with Gasteiger partial charge in [0.1, 0.15) is 12.3 Å². The summed E-state index contributed by atoms with van der Waals surface area (Å²) in [5, 5.41) is 6.81. The van der Waals surface area contributed by atoms with Gasteiger partial charge in [-0.1, -0.05) is 12.1 Å². The second kappa shape index (κ2) is 7.40. The van der Waals surface area contributed by atoms with Gasteiger partial charge in [0.25, 0.3) is 5.56 Å². The van der Waals surface area contributed by atoms with Crippen LogP contribution in [0.2, 0.25) is 0 Å². The van der Waals surface area contributed by atoms with Gasteiger partial charge in [-0.05, 0) is 37.1 Å². The molecule has 6 heteroatoms. The summed E-state index contributed by atoms with van der Waals surface area (Å²) in [6, 6.07) is 10.7. The molecule has 2 rings (SSSR count). The molecule has 2 aromatic rings. The number of hydrogen-bond acceptors (Lipinski definition) is 4. The lowest BCUT2D eigenvalue weighted by atomic mass is 10.1. The smallest absolute Gasteiger partial charge is 0.267 e. The Balaban J connectivity index is 1.82. The molecule has 0 atom stereocenters. The maximum atomic E-state index is 11.8. The molecule has 1 aromatic heterocycles. The highest BCUT2D eigenvalue weighted by molar-refractivity contribution is 5.75. The van der Waals surface area contributed by atoms with Crippen LogP contribution in [0.3, 0.4) is 0 Å². The van der Waals surface area contributed by atoms with E-state index in [0.717, 1.165) is 16.0 Å². The number of amides is 1. The molecule has 1 heterocycles. The molecule has 0 aliphatic rings. The maximum absolute atomic E-state index is 11.8. The molecule has 6 nitrogen and oxygen atoms in total. The van der Waals surface area contributed by atoms with Crippen LogP contribution in [0.5, 0.6) is 5.75 Å². The highest BCUT2D eigenvalue weighted by Crippen LogP contribution is 2.11.